The lowest BCUT2D eigenvalue weighted by atomic mass is 9.12. The molecule has 0 amide bonds. The van der Waals surface area contributed by atoms with Gasteiger partial charge in [-0.25, -0.2) is 87.8 Å². The quantitative estimate of drug-likeness (QED) is 0.0305. The van der Waals surface area contributed by atoms with Crippen LogP contribution in [0.15, 0.2) is 66.9 Å². The van der Waals surface area contributed by atoms with Crippen LogP contribution in [0.25, 0.3) is 10.8 Å². The van der Waals surface area contributed by atoms with E-state index in [1.807, 2.05) is 18.2 Å². The smallest absolute Gasteiger partial charge is 0.377 e. The fourth-order valence-corrected chi connectivity index (χ4v) is 7.35. The Morgan fingerprint density at radius 1 is 0.369 bits per heavy atom. The second kappa shape index (κ2) is 18.2. The molecule has 0 saturated carbocycles. The molecular formula is C41H16BF20NOS. The highest BCUT2D eigenvalue weighted by Gasteiger charge is 2.52. The summed E-state index contributed by atoms with van der Waals surface area (Å²) >= 11 is 4.20. The first kappa shape index (κ1) is 48.0. The Morgan fingerprint density at radius 3 is 0.985 bits per heavy atom. The average molecular weight is 961 g/mol. The van der Waals surface area contributed by atoms with Gasteiger partial charge in [0.15, 0.2) is 82.5 Å². The molecule has 2 nitrogen and oxygen atoms in total. The molecule has 0 bridgehead atoms. The third-order valence-corrected chi connectivity index (χ3v) is 10.1. The molecule has 0 spiro atoms. The first-order chi connectivity index (χ1) is 30.6. The maximum Gasteiger partial charge on any atom is 0.377 e. The zero-order valence-electron chi connectivity index (χ0n) is 31.2. The van der Waals surface area contributed by atoms with Crippen molar-refractivity contribution >= 4 is 51.4 Å². The molecule has 1 heterocycles. The number of halogens is 20. The third-order valence-electron chi connectivity index (χ3n) is 9.99. The van der Waals surface area contributed by atoms with Crippen molar-refractivity contribution in [1.29, 1.82) is 0 Å². The highest BCUT2D eigenvalue weighted by atomic mass is 32.1. The second-order valence-electron chi connectivity index (χ2n) is 13.4. The highest BCUT2D eigenvalue weighted by molar-refractivity contribution is 7.80. The molecule has 0 N–H and O–H groups in total. The first-order valence-electron chi connectivity index (χ1n) is 17.5. The molecule has 0 aliphatic heterocycles. The van der Waals surface area contributed by atoms with E-state index in [0.29, 0.717) is 5.94 Å². The number of nitrogens with zero attached hydrogens (tertiary/aromatic N) is 1. The van der Waals surface area contributed by atoms with Gasteiger partial charge < -0.3 is 4.74 Å². The molecule has 0 saturated heterocycles. The summed E-state index contributed by atoms with van der Waals surface area (Å²) in [4.78, 5) is 0. The lowest BCUT2D eigenvalue weighted by molar-refractivity contribution is -0.691. The number of hydrogen-bond donors (Lipinski definition) is 1. The summed E-state index contributed by atoms with van der Waals surface area (Å²) in [6, 6.07) is 20.7. The minimum absolute atomic E-state index is 0.364. The topological polar surface area (TPSA) is 13.1 Å². The van der Waals surface area contributed by atoms with E-state index < -0.39 is 144 Å². The highest BCUT2D eigenvalue weighted by Crippen LogP contribution is 2.31. The lowest BCUT2D eigenvalue weighted by Crippen LogP contribution is -2.81. The number of benzene rings is 6. The summed E-state index contributed by atoms with van der Waals surface area (Å²) in [5.74, 6) is -70.2. The van der Waals surface area contributed by atoms with Gasteiger partial charge in [-0.05, 0) is 11.5 Å². The SMILES string of the molecule is Fc1c(F)c(F)c([B-](c2c(F)c(F)c(F)c(F)c2F)(c2c(F)c(F)c(F)c(F)c2F)c2c(F)c(F)c(F)c(F)c2F)c(F)c1F.SCOc1c2ccccc2cc[n+]1Cc1ccccc1. The minimum atomic E-state index is -7.22. The van der Waals surface area contributed by atoms with E-state index in [1.54, 1.807) is 0 Å². The van der Waals surface area contributed by atoms with E-state index in [4.69, 9.17) is 4.74 Å². The molecule has 0 unspecified atom stereocenters. The van der Waals surface area contributed by atoms with Gasteiger partial charge in [-0.1, -0.05) is 48.5 Å². The van der Waals surface area contributed by atoms with Gasteiger partial charge in [0, 0.05) is 11.6 Å². The van der Waals surface area contributed by atoms with Crippen molar-refractivity contribution in [3.05, 3.63) is 189 Å². The lowest BCUT2D eigenvalue weighted by Gasteiger charge is -2.44. The summed E-state index contributed by atoms with van der Waals surface area (Å²) < 4.78 is 302. The number of hydrogen-bond acceptors (Lipinski definition) is 2. The number of rotatable bonds is 8. The van der Waals surface area contributed by atoms with Gasteiger partial charge in [0.1, 0.15) is 58.6 Å². The van der Waals surface area contributed by atoms with Crippen LogP contribution in [-0.4, -0.2) is 12.1 Å². The number of thiol groups is 1. The van der Waals surface area contributed by atoms with Crippen molar-refractivity contribution in [2.45, 2.75) is 6.54 Å². The maximum atomic E-state index is 15.4. The van der Waals surface area contributed by atoms with Crippen LogP contribution in [0.4, 0.5) is 87.8 Å². The van der Waals surface area contributed by atoms with E-state index >= 15 is 35.1 Å². The van der Waals surface area contributed by atoms with Crippen molar-refractivity contribution in [2.24, 2.45) is 0 Å². The Bertz CT molecular complexity index is 2660. The zero-order chi connectivity index (χ0) is 48.1. The van der Waals surface area contributed by atoms with Crippen LogP contribution in [0.3, 0.4) is 0 Å². The number of pyridine rings is 1. The van der Waals surface area contributed by atoms with Crippen LogP contribution in [0, 0.1) is 116 Å². The molecule has 0 radical (unpaired) electrons. The third kappa shape index (κ3) is 7.63. The summed E-state index contributed by atoms with van der Waals surface area (Å²) in [7, 11) is 0. The second-order valence-corrected chi connectivity index (χ2v) is 13.7. The van der Waals surface area contributed by atoms with Crippen molar-refractivity contribution in [3.63, 3.8) is 0 Å². The van der Waals surface area contributed by atoms with Crippen molar-refractivity contribution in [1.82, 2.24) is 0 Å². The molecule has 0 fully saturated rings. The Labute approximate surface area is 355 Å². The van der Waals surface area contributed by atoms with Crippen LogP contribution in [0.2, 0.25) is 0 Å². The molecule has 0 aliphatic carbocycles. The van der Waals surface area contributed by atoms with Gasteiger partial charge in [-0.15, -0.1) is 34.5 Å². The van der Waals surface area contributed by atoms with Gasteiger partial charge in [0.2, 0.25) is 0 Å². The average Bonchev–Trinajstić information content (AvgIpc) is 3.30. The normalized spacial score (nSPS) is 11.6. The maximum absolute atomic E-state index is 15.4. The van der Waals surface area contributed by atoms with Gasteiger partial charge in [-0.2, -0.15) is 4.57 Å². The molecule has 0 aliphatic rings. The number of ether oxygens (including phenoxy) is 1. The Hall–Kier alpha value is -6.46. The Kier molecular flexibility index (Phi) is 13.4. The summed E-state index contributed by atoms with van der Waals surface area (Å²) in [6.07, 6.45) is -5.15. The molecule has 7 aromatic rings. The Morgan fingerprint density at radius 2 is 0.662 bits per heavy atom. The predicted octanol–water partition coefficient (Wildman–Crippen LogP) is 9.29. The first-order valence-corrected chi connectivity index (χ1v) is 18.1. The molecule has 65 heavy (non-hydrogen) atoms. The largest absolute Gasteiger partial charge is 0.433 e. The standard InChI is InChI=1S/C24BF20.C17H15NOS/c26-5-1(6(27)14(35)21(42)13(5)34)25(2-7(28)15(36)22(43)16(37)8(2)29,3-9(30)17(38)23(44)18(39)10(3)31)4-11(32)19(40)24(45)20(41)12(4)33;20-13-19-17-16-9-5-4-8-15(16)10-11-18(17)12-14-6-2-1-3-7-14/h;1-11H,12-13H2/q-1;/p+1. The van der Waals surface area contributed by atoms with Crippen molar-refractivity contribution in [2.75, 3.05) is 5.94 Å². The van der Waals surface area contributed by atoms with Crippen molar-refractivity contribution in [3.8, 4) is 5.88 Å². The van der Waals surface area contributed by atoms with Crippen molar-refractivity contribution < 1.29 is 97.1 Å². The van der Waals surface area contributed by atoms with E-state index in [2.05, 4.69) is 65.9 Å². The summed E-state index contributed by atoms with van der Waals surface area (Å²) in [5, 5.41) is 2.29. The molecule has 6 aromatic carbocycles. The molecule has 1 aromatic heterocycles. The summed E-state index contributed by atoms with van der Waals surface area (Å²) in [6.45, 7) is 0.786. The van der Waals surface area contributed by atoms with Crippen LogP contribution in [0.1, 0.15) is 5.56 Å². The monoisotopic (exact) mass is 961 g/mol. The fraction of sp³-hybridized carbons (Fsp3) is 0.0488. The number of fused-ring (bicyclic) bond motifs is 1. The zero-order valence-corrected chi connectivity index (χ0v) is 32.1. The molecule has 340 valence electrons. The van der Waals surface area contributed by atoms with Crippen LogP contribution >= 0.6 is 12.6 Å². The predicted molar refractivity (Wildman–Crippen MR) is 193 cm³/mol. The van der Waals surface area contributed by atoms with Crippen LogP contribution in [0.5, 0.6) is 5.88 Å². The van der Waals surface area contributed by atoms with Gasteiger partial charge in [0.05, 0.1) is 5.39 Å². The summed E-state index contributed by atoms with van der Waals surface area (Å²) in [5.41, 5.74) is -13.1. The van der Waals surface area contributed by atoms with E-state index in [1.165, 1.54) is 10.9 Å². The minimum Gasteiger partial charge on any atom is -0.433 e. The van der Waals surface area contributed by atoms with Crippen LogP contribution in [-0.2, 0) is 6.54 Å². The molecule has 7 rings (SSSR count). The van der Waals surface area contributed by atoms with Gasteiger partial charge in [0.25, 0.3) is 0 Å². The molecular weight excluding hydrogens is 945 g/mol. The van der Waals surface area contributed by atoms with E-state index in [-0.39, 0.29) is 0 Å². The van der Waals surface area contributed by atoms with Gasteiger partial charge in [-0.3, -0.25) is 0 Å². The number of aromatic nitrogens is 1. The molecule has 24 heteroatoms. The van der Waals surface area contributed by atoms with Crippen LogP contribution < -0.4 is 31.2 Å². The fourth-order valence-electron chi connectivity index (χ4n) is 7.23. The Balaban J connectivity index is 0.000000289. The van der Waals surface area contributed by atoms with E-state index in [0.717, 1.165) is 17.8 Å². The van der Waals surface area contributed by atoms with Gasteiger partial charge >= 0.3 is 5.88 Å². The van der Waals surface area contributed by atoms with E-state index in [9.17, 15) is 52.7 Å². The molecule has 0 atom stereocenters.